The van der Waals surface area contributed by atoms with Crippen LogP contribution in [0.3, 0.4) is 0 Å². The number of para-hydroxylation sites is 1. The summed E-state index contributed by atoms with van der Waals surface area (Å²) in [7, 11) is 0. The van der Waals surface area contributed by atoms with Crippen LogP contribution in [0.2, 0.25) is 0 Å². The molecule has 1 aliphatic rings. The average molecular weight is 411 g/mol. The van der Waals surface area contributed by atoms with Crippen LogP contribution in [0.5, 0.6) is 11.6 Å². The highest BCUT2D eigenvalue weighted by atomic mass is 19.4. The number of ether oxygens (including phenoxy) is 2. The number of pyridine rings is 1. The molecule has 0 aliphatic carbocycles. The molecule has 0 bridgehead atoms. The topological polar surface area (TPSA) is 72.5 Å². The fourth-order valence-corrected chi connectivity index (χ4v) is 2.63. The SMILES string of the molecule is CC.O=C(NCc1ccnc(OCC(F)(F)F)c1)NC1COc2ccccc2C1. The van der Waals surface area contributed by atoms with Gasteiger partial charge in [0.15, 0.2) is 6.61 Å². The van der Waals surface area contributed by atoms with Crippen molar-refractivity contribution in [3.8, 4) is 11.6 Å². The molecule has 2 amide bonds. The number of urea groups is 1. The Hall–Kier alpha value is -2.97. The van der Waals surface area contributed by atoms with Crippen LogP contribution in [0.25, 0.3) is 0 Å². The van der Waals surface area contributed by atoms with Gasteiger partial charge in [-0.25, -0.2) is 9.78 Å². The normalized spacial score (nSPS) is 15.1. The van der Waals surface area contributed by atoms with Crippen molar-refractivity contribution in [1.29, 1.82) is 0 Å². The third-order valence-corrected chi connectivity index (χ3v) is 3.85. The van der Waals surface area contributed by atoms with Crippen LogP contribution >= 0.6 is 0 Å². The van der Waals surface area contributed by atoms with E-state index in [2.05, 4.69) is 20.4 Å². The molecule has 1 aromatic heterocycles. The number of hydrogen-bond acceptors (Lipinski definition) is 4. The summed E-state index contributed by atoms with van der Waals surface area (Å²) in [6.45, 7) is 3.08. The summed E-state index contributed by atoms with van der Waals surface area (Å²) in [6.07, 6.45) is -2.45. The van der Waals surface area contributed by atoms with Crippen LogP contribution in [0, 0.1) is 0 Å². The molecule has 1 unspecified atom stereocenters. The molecule has 6 nitrogen and oxygen atoms in total. The minimum atomic E-state index is -4.43. The van der Waals surface area contributed by atoms with Gasteiger partial charge in [-0.05, 0) is 29.7 Å². The molecule has 1 atom stereocenters. The number of halogens is 3. The lowest BCUT2D eigenvalue weighted by Crippen LogP contribution is -2.47. The lowest BCUT2D eigenvalue weighted by Gasteiger charge is -2.26. The summed E-state index contributed by atoms with van der Waals surface area (Å²) >= 11 is 0. The second-order valence-electron chi connectivity index (χ2n) is 6.05. The second-order valence-corrected chi connectivity index (χ2v) is 6.05. The molecule has 0 spiro atoms. The Kier molecular flexibility index (Phi) is 8.11. The summed E-state index contributed by atoms with van der Waals surface area (Å²) in [6, 6.07) is 10.0. The summed E-state index contributed by atoms with van der Waals surface area (Å²) in [5, 5.41) is 5.48. The zero-order valence-corrected chi connectivity index (χ0v) is 16.3. The molecular formula is C20H24F3N3O3. The number of carbonyl (C=O) groups excluding carboxylic acids is 1. The monoisotopic (exact) mass is 411 g/mol. The molecule has 29 heavy (non-hydrogen) atoms. The van der Waals surface area contributed by atoms with E-state index in [-0.39, 0.29) is 18.5 Å². The van der Waals surface area contributed by atoms with Crippen LogP contribution in [0.1, 0.15) is 25.0 Å². The molecule has 1 aliphatic heterocycles. The second kappa shape index (κ2) is 10.5. The van der Waals surface area contributed by atoms with Crippen molar-refractivity contribution in [2.24, 2.45) is 0 Å². The van der Waals surface area contributed by atoms with E-state index < -0.39 is 18.8 Å². The summed E-state index contributed by atoms with van der Waals surface area (Å²) in [5.74, 6) is 0.670. The van der Waals surface area contributed by atoms with Gasteiger partial charge in [0.2, 0.25) is 5.88 Å². The van der Waals surface area contributed by atoms with Crippen molar-refractivity contribution in [2.45, 2.75) is 39.0 Å². The van der Waals surface area contributed by atoms with Crippen molar-refractivity contribution in [2.75, 3.05) is 13.2 Å². The van der Waals surface area contributed by atoms with E-state index in [9.17, 15) is 18.0 Å². The van der Waals surface area contributed by atoms with Crippen molar-refractivity contribution in [3.05, 3.63) is 53.7 Å². The third kappa shape index (κ3) is 7.52. The zero-order chi connectivity index (χ0) is 21.3. The van der Waals surface area contributed by atoms with Gasteiger partial charge in [-0.1, -0.05) is 32.0 Å². The first-order valence-electron chi connectivity index (χ1n) is 9.28. The van der Waals surface area contributed by atoms with Crippen molar-refractivity contribution < 1.29 is 27.4 Å². The maximum atomic E-state index is 12.2. The number of nitrogens with one attached hydrogen (secondary N) is 2. The van der Waals surface area contributed by atoms with Crippen LogP contribution < -0.4 is 20.1 Å². The smallest absolute Gasteiger partial charge is 0.422 e. The minimum absolute atomic E-state index is 0.126. The van der Waals surface area contributed by atoms with Crippen LogP contribution in [-0.2, 0) is 13.0 Å². The number of amides is 2. The maximum absolute atomic E-state index is 12.2. The first-order valence-corrected chi connectivity index (χ1v) is 9.28. The Morgan fingerprint density at radius 1 is 1.28 bits per heavy atom. The van der Waals surface area contributed by atoms with Crippen LogP contribution in [-0.4, -0.2) is 36.4 Å². The van der Waals surface area contributed by atoms with Gasteiger partial charge >= 0.3 is 12.2 Å². The highest BCUT2D eigenvalue weighted by Gasteiger charge is 2.28. The fraction of sp³-hybridized carbons (Fsp3) is 0.400. The number of hydrogen-bond donors (Lipinski definition) is 2. The first-order chi connectivity index (χ1) is 13.9. The van der Waals surface area contributed by atoms with Gasteiger partial charge in [-0.3, -0.25) is 0 Å². The summed E-state index contributed by atoms with van der Waals surface area (Å²) in [5.41, 5.74) is 1.59. The van der Waals surface area contributed by atoms with Gasteiger partial charge in [0.1, 0.15) is 12.4 Å². The molecule has 9 heteroatoms. The lowest BCUT2D eigenvalue weighted by atomic mass is 10.0. The Morgan fingerprint density at radius 3 is 2.79 bits per heavy atom. The molecule has 3 rings (SSSR count). The molecule has 2 heterocycles. The van der Waals surface area contributed by atoms with E-state index in [0.717, 1.165) is 11.3 Å². The van der Waals surface area contributed by atoms with Gasteiger partial charge in [-0.15, -0.1) is 0 Å². The van der Waals surface area contributed by atoms with E-state index >= 15 is 0 Å². The minimum Gasteiger partial charge on any atom is -0.491 e. The fourth-order valence-electron chi connectivity index (χ4n) is 2.63. The van der Waals surface area contributed by atoms with Crippen LogP contribution in [0.4, 0.5) is 18.0 Å². The van der Waals surface area contributed by atoms with E-state index in [4.69, 9.17) is 4.74 Å². The maximum Gasteiger partial charge on any atom is 0.422 e. The van der Waals surface area contributed by atoms with Crippen molar-refractivity contribution in [3.63, 3.8) is 0 Å². The number of benzene rings is 1. The first kappa shape index (κ1) is 22.3. The average Bonchev–Trinajstić information content (AvgIpc) is 2.72. The van der Waals surface area contributed by atoms with Crippen molar-refractivity contribution >= 4 is 6.03 Å². The number of alkyl halides is 3. The van der Waals surface area contributed by atoms with Gasteiger partial charge < -0.3 is 20.1 Å². The molecular weight excluding hydrogens is 387 g/mol. The Balaban J connectivity index is 0.00000145. The molecule has 1 aromatic carbocycles. The summed E-state index contributed by atoms with van der Waals surface area (Å²) < 4.78 is 46.8. The molecule has 0 radical (unpaired) electrons. The van der Waals surface area contributed by atoms with Crippen molar-refractivity contribution in [1.82, 2.24) is 15.6 Å². The summed E-state index contributed by atoms with van der Waals surface area (Å²) in [4.78, 5) is 15.8. The lowest BCUT2D eigenvalue weighted by molar-refractivity contribution is -0.154. The van der Waals surface area contributed by atoms with Gasteiger partial charge in [0.05, 0.1) is 6.04 Å². The third-order valence-electron chi connectivity index (χ3n) is 3.85. The molecule has 0 saturated heterocycles. The Labute approximate surface area is 167 Å². The number of fused-ring (bicyclic) bond motifs is 1. The van der Waals surface area contributed by atoms with Gasteiger partial charge in [-0.2, -0.15) is 13.2 Å². The quantitative estimate of drug-likeness (QED) is 0.784. The Morgan fingerprint density at radius 2 is 2.03 bits per heavy atom. The van der Waals surface area contributed by atoms with Gasteiger partial charge in [0, 0.05) is 18.8 Å². The van der Waals surface area contributed by atoms with Gasteiger partial charge in [0.25, 0.3) is 0 Å². The number of rotatable bonds is 5. The zero-order valence-electron chi connectivity index (χ0n) is 16.3. The largest absolute Gasteiger partial charge is 0.491 e. The molecule has 2 N–H and O–H groups in total. The molecule has 2 aromatic rings. The molecule has 158 valence electrons. The standard InChI is InChI=1S/C18H18F3N3O3.C2H6/c19-18(20,21)11-27-16-7-12(5-6-22-16)9-23-17(25)24-14-8-13-3-1-2-4-15(13)26-10-14;1-2/h1-7,14H,8-11H2,(H2,23,24,25);1-2H3. The molecule has 0 fully saturated rings. The molecule has 0 saturated carbocycles. The predicted octanol–water partition coefficient (Wildman–Crippen LogP) is 3.85. The van der Waals surface area contributed by atoms with E-state index in [0.29, 0.717) is 18.6 Å². The number of carbonyl (C=O) groups is 1. The van der Waals surface area contributed by atoms with E-state index in [1.54, 1.807) is 6.07 Å². The van der Waals surface area contributed by atoms with E-state index in [1.807, 2.05) is 38.1 Å². The highest BCUT2D eigenvalue weighted by Crippen LogP contribution is 2.23. The number of aromatic nitrogens is 1. The number of nitrogens with zero attached hydrogens (tertiary/aromatic N) is 1. The van der Waals surface area contributed by atoms with Crippen LogP contribution in [0.15, 0.2) is 42.6 Å². The highest BCUT2D eigenvalue weighted by molar-refractivity contribution is 5.74. The Bertz CT molecular complexity index is 800. The van der Waals surface area contributed by atoms with E-state index in [1.165, 1.54) is 12.3 Å². The predicted molar refractivity (Wildman–Crippen MR) is 102 cm³/mol.